The molecule has 0 fully saturated rings. The fraction of sp³-hybridized carbons (Fsp3) is 0.500. The zero-order chi connectivity index (χ0) is 12.8. The van der Waals surface area contributed by atoms with E-state index in [1.807, 2.05) is 0 Å². The predicted octanol–water partition coefficient (Wildman–Crippen LogP) is 0.965. The van der Waals surface area contributed by atoms with Gasteiger partial charge in [-0.1, -0.05) is 0 Å². The molecule has 96 valence electrons. The van der Waals surface area contributed by atoms with Crippen LogP contribution in [0, 0.1) is 0 Å². The van der Waals surface area contributed by atoms with Crippen molar-refractivity contribution in [1.29, 1.82) is 0 Å². The van der Waals surface area contributed by atoms with E-state index >= 15 is 0 Å². The highest BCUT2D eigenvalue weighted by Crippen LogP contribution is 2.37. The molecule has 1 aromatic carbocycles. The monoisotopic (exact) mass is 241 g/mol. The summed E-state index contributed by atoms with van der Waals surface area (Å²) in [5.41, 5.74) is 0.666. The standard InChI is InChI=1S/C12H19NO4/c1-13-7-9(14)8-5-11(16-3)12(17-4)6-10(8)15-2/h5-6,9,13-14H,7H2,1-4H3. The third kappa shape index (κ3) is 3.01. The number of aliphatic hydroxyl groups is 1. The van der Waals surface area contributed by atoms with Crippen LogP contribution in [0.2, 0.25) is 0 Å². The molecule has 1 rings (SSSR count). The minimum atomic E-state index is -0.658. The second-order valence-electron chi connectivity index (χ2n) is 3.52. The van der Waals surface area contributed by atoms with Gasteiger partial charge in [-0.3, -0.25) is 0 Å². The summed E-state index contributed by atoms with van der Waals surface area (Å²) >= 11 is 0. The smallest absolute Gasteiger partial charge is 0.164 e. The van der Waals surface area contributed by atoms with E-state index in [2.05, 4.69) is 5.32 Å². The topological polar surface area (TPSA) is 60.0 Å². The average molecular weight is 241 g/mol. The summed E-state index contributed by atoms with van der Waals surface area (Å²) in [5.74, 6) is 1.72. The molecule has 0 aliphatic heterocycles. The molecule has 0 bridgehead atoms. The number of methoxy groups -OCH3 is 3. The van der Waals surface area contributed by atoms with E-state index in [1.54, 1.807) is 40.5 Å². The second kappa shape index (κ2) is 6.32. The largest absolute Gasteiger partial charge is 0.496 e. The Hall–Kier alpha value is -1.46. The summed E-state index contributed by atoms with van der Waals surface area (Å²) in [6.07, 6.45) is -0.658. The fourth-order valence-electron chi connectivity index (χ4n) is 1.62. The number of aliphatic hydroxyl groups excluding tert-OH is 1. The van der Waals surface area contributed by atoms with Gasteiger partial charge in [0, 0.05) is 18.2 Å². The Labute approximate surface area is 101 Å². The first-order chi connectivity index (χ1) is 8.17. The lowest BCUT2D eigenvalue weighted by Crippen LogP contribution is -2.17. The summed E-state index contributed by atoms with van der Waals surface area (Å²) in [5, 5.41) is 12.9. The minimum Gasteiger partial charge on any atom is -0.496 e. The quantitative estimate of drug-likeness (QED) is 0.777. The van der Waals surface area contributed by atoms with Gasteiger partial charge >= 0.3 is 0 Å². The van der Waals surface area contributed by atoms with Crippen molar-refractivity contribution >= 4 is 0 Å². The van der Waals surface area contributed by atoms with E-state index in [4.69, 9.17) is 14.2 Å². The molecule has 0 heterocycles. The first-order valence-electron chi connectivity index (χ1n) is 5.30. The van der Waals surface area contributed by atoms with Crippen molar-refractivity contribution in [3.63, 3.8) is 0 Å². The van der Waals surface area contributed by atoms with Gasteiger partial charge in [-0.05, 0) is 13.1 Å². The van der Waals surface area contributed by atoms with E-state index in [0.29, 0.717) is 29.4 Å². The van der Waals surface area contributed by atoms with Crippen LogP contribution in [0.1, 0.15) is 11.7 Å². The molecule has 0 saturated heterocycles. The van der Waals surface area contributed by atoms with Crippen LogP contribution in [0.4, 0.5) is 0 Å². The van der Waals surface area contributed by atoms with Crippen molar-refractivity contribution in [1.82, 2.24) is 5.32 Å². The zero-order valence-corrected chi connectivity index (χ0v) is 10.6. The van der Waals surface area contributed by atoms with Crippen molar-refractivity contribution in [2.45, 2.75) is 6.10 Å². The van der Waals surface area contributed by atoms with Crippen LogP contribution in [0.5, 0.6) is 17.2 Å². The lowest BCUT2D eigenvalue weighted by Gasteiger charge is -2.17. The first kappa shape index (κ1) is 13.6. The normalized spacial score (nSPS) is 12.1. The van der Waals surface area contributed by atoms with Crippen LogP contribution in [0.25, 0.3) is 0 Å². The number of benzene rings is 1. The number of rotatable bonds is 6. The molecule has 0 aliphatic rings. The van der Waals surface area contributed by atoms with Gasteiger partial charge < -0.3 is 24.6 Å². The maximum Gasteiger partial charge on any atom is 0.164 e. The molecular formula is C12H19NO4. The van der Waals surface area contributed by atoms with Crippen LogP contribution >= 0.6 is 0 Å². The highest BCUT2D eigenvalue weighted by molar-refractivity contribution is 5.51. The van der Waals surface area contributed by atoms with E-state index in [-0.39, 0.29) is 0 Å². The van der Waals surface area contributed by atoms with Crippen molar-refractivity contribution < 1.29 is 19.3 Å². The van der Waals surface area contributed by atoms with Crippen LogP contribution in [-0.4, -0.2) is 40.0 Å². The maximum atomic E-state index is 9.98. The number of likely N-dealkylation sites (N-methyl/N-ethyl adjacent to an activating group) is 1. The Bertz CT molecular complexity index is 368. The van der Waals surface area contributed by atoms with E-state index in [0.717, 1.165) is 0 Å². The molecule has 2 N–H and O–H groups in total. The molecule has 0 aliphatic carbocycles. The summed E-state index contributed by atoms with van der Waals surface area (Å²) in [4.78, 5) is 0. The Balaban J connectivity index is 3.18. The Morgan fingerprint density at radius 3 is 2.06 bits per heavy atom. The number of nitrogens with one attached hydrogen (secondary N) is 1. The predicted molar refractivity (Wildman–Crippen MR) is 65.0 cm³/mol. The molecule has 17 heavy (non-hydrogen) atoms. The molecule has 0 saturated carbocycles. The number of ether oxygens (including phenoxy) is 3. The van der Waals surface area contributed by atoms with Gasteiger partial charge in [-0.15, -0.1) is 0 Å². The Morgan fingerprint density at radius 2 is 1.59 bits per heavy atom. The lowest BCUT2D eigenvalue weighted by molar-refractivity contribution is 0.172. The van der Waals surface area contributed by atoms with Gasteiger partial charge in [0.05, 0.1) is 27.4 Å². The van der Waals surface area contributed by atoms with Gasteiger partial charge in [0.2, 0.25) is 0 Å². The van der Waals surface area contributed by atoms with E-state index < -0.39 is 6.10 Å². The third-order valence-electron chi connectivity index (χ3n) is 2.49. The van der Waals surface area contributed by atoms with Crippen LogP contribution in [0.15, 0.2) is 12.1 Å². The Morgan fingerprint density at radius 1 is 1.06 bits per heavy atom. The summed E-state index contributed by atoms with van der Waals surface area (Å²) in [7, 11) is 6.44. The number of hydrogen-bond acceptors (Lipinski definition) is 5. The summed E-state index contributed by atoms with van der Waals surface area (Å²) in [6.45, 7) is 0.436. The van der Waals surface area contributed by atoms with Crippen LogP contribution in [-0.2, 0) is 0 Å². The Kier molecular flexibility index (Phi) is 5.06. The van der Waals surface area contributed by atoms with Gasteiger partial charge in [0.1, 0.15) is 5.75 Å². The molecule has 0 aromatic heterocycles. The molecule has 0 spiro atoms. The van der Waals surface area contributed by atoms with Crippen molar-refractivity contribution in [2.24, 2.45) is 0 Å². The number of hydrogen-bond donors (Lipinski definition) is 2. The lowest BCUT2D eigenvalue weighted by atomic mass is 10.1. The average Bonchev–Trinajstić information content (AvgIpc) is 2.37. The zero-order valence-electron chi connectivity index (χ0n) is 10.6. The van der Waals surface area contributed by atoms with Crippen LogP contribution in [0.3, 0.4) is 0 Å². The van der Waals surface area contributed by atoms with Crippen molar-refractivity contribution in [3.8, 4) is 17.2 Å². The van der Waals surface area contributed by atoms with Crippen molar-refractivity contribution in [3.05, 3.63) is 17.7 Å². The fourth-order valence-corrected chi connectivity index (χ4v) is 1.62. The van der Waals surface area contributed by atoms with Crippen LogP contribution < -0.4 is 19.5 Å². The highest BCUT2D eigenvalue weighted by Gasteiger charge is 2.17. The van der Waals surface area contributed by atoms with Gasteiger partial charge in [-0.2, -0.15) is 0 Å². The summed E-state index contributed by atoms with van der Waals surface area (Å²) < 4.78 is 15.6. The SMILES string of the molecule is CNCC(O)c1cc(OC)c(OC)cc1OC. The van der Waals surface area contributed by atoms with E-state index in [9.17, 15) is 5.11 Å². The molecule has 5 heteroatoms. The molecule has 1 aromatic rings. The van der Waals surface area contributed by atoms with E-state index in [1.165, 1.54) is 0 Å². The second-order valence-corrected chi connectivity index (χ2v) is 3.52. The molecule has 0 amide bonds. The van der Waals surface area contributed by atoms with Crippen molar-refractivity contribution in [2.75, 3.05) is 34.9 Å². The molecule has 1 unspecified atom stereocenters. The molecular weight excluding hydrogens is 222 g/mol. The van der Waals surface area contributed by atoms with Gasteiger partial charge in [-0.25, -0.2) is 0 Å². The summed E-state index contributed by atoms with van der Waals surface area (Å²) in [6, 6.07) is 3.42. The molecule has 0 radical (unpaired) electrons. The minimum absolute atomic E-state index is 0.436. The molecule has 5 nitrogen and oxygen atoms in total. The maximum absolute atomic E-state index is 9.98. The highest BCUT2D eigenvalue weighted by atomic mass is 16.5. The van der Waals surface area contributed by atoms with Gasteiger partial charge in [0.25, 0.3) is 0 Å². The van der Waals surface area contributed by atoms with Gasteiger partial charge in [0.15, 0.2) is 11.5 Å². The third-order valence-corrected chi connectivity index (χ3v) is 2.49. The molecule has 1 atom stereocenters. The first-order valence-corrected chi connectivity index (χ1v) is 5.30.